The molecule has 196 valence electrons. The number of imidazole rings is 1. The fourth-order valence-electron chi connectivity index (χ4n) is 5.65. The zero-order valence-electron chi connectivity index (χ0n) is 21.1. The summed E-state index contributed by atoms with van der Waals surface area (Å²) in [6, 6.07) is 2.64. The second kappa shape index (κ2) is 8.63. The van der Waals surface area contributed by atoms with Crippen molar-refractivity contribution in [2.45, 2.75) is 68.9 Å². The molecule has 1 N–H and O–H groups in total. The number of carbonyl (C=O) groups is 1. The smallest absolute Gasteiger partial charge is 0.274 e. The highest BCUT2D eigenvalue weighted by molar-refractivity contribution is 6.05. The molecule has 1 amide bonds. The molecule has 3 aromatic heterocycles. The molecule has 10 nitrogen and oxygen atoms in total. The van der Waals surface area contributed by atoms with E-state index in [0.29, 0.717) is 25.4 Å². The molecule has 2 bridgehead atoms. The Bertz CT molecular complexity index is 1420. The van der Waals surface area contributed by atoms with E-state index in [4.69, 9.17) is 19.2 Å². The minimum absolute atomic E-state index is 0.0657. The molecular weight excluding hydrogens is 481 g/mol. The largest absolute Gasteiger partial charge is 0.474 e. The monoisotopic (exact) mass is 511 g/mol. The topological polar surface area (TPSA) is 109 Å². The van der Waals surface area contributed by atoms with Crippen molar-refractivity contribution >= 4 is 17.4 Å². The van der Waals surface area contributed by atoms with Gasteiger partial charge in [0.1, 0.15) is 17.4 Å². The molecule has 0 unspecified atom stereocenters. The van der Waals surface area contributed by atoms with Gasteiger partial charge in [-0.15, -0.1) is 0 Å². The third-order valence-electron chi connectivity index (χ3n) is 7.59. The number of hydrogen-bond donors (Lipinski definition) is 1. The van der Waals surface area contributed by atoms with Crippen LogP contribution in [0.1, 0.15) is 61.6 Å². The number of amides is 1. The number of alkyl halides is 1. The third-order valence-corrected chi connectivity index (χ3v) is 7.59. The molecule has 3 aliphatic rings. The van der Waals surface area contributed by atoms with Crippen molar-refractivity contribution < 1.29 is 23.4 Å². The summed E-state index contributed by atoms with van der Waals surface area (Å²) >= 11 is 0. The lowest BCUT2D eigenvalue weighted by molar-refractivity contribution is -0.0659. The highest BCUT2D eigenvalue weighted by Crippen LogP contribution is 2.54. The summed E-state index contributed by atoms with van der Waals surface area (Å²) in [5.74, 6) is -0.0117. The van der Waals surface area contributed by atoms with Crippen molar-refractivity contribution in [2.24, 2.45) is 0 Å². The van der Waals surface area contributed by atoms with Gasteiger partial charge in [0.15, 0.2) is 0 Å². The van der Waals surface area contributed by atoms with Crippen LogP contribution in [0.25, 0.3) is 5.78 Å². The van der Waals surface area contributed by atoms with Gasteiger partial charge in [0.05, 0.1) is 36.7 Å². The number of methoxy groups -OCH3 is 1. The van der Waals surface area contributed by atoms with Crippen molar-refractivity contribution in [3.63, 3.8) is 0 Å². The summed E-state index contributed by atoms with van der Waals surface area (Å²) in [5, 5.41) is 2.67. The average molecular weight is 512 g/mol. The first-order valence-electron chi connectivity index (χ1n) is 12.6. The predicted octanol–water partition coefficient (Wildman–Crippen LogP) is 3.05. The first kappa shape index (κ1) is 24.1. The summed E-state index contributed by atoms with van der Waals surface area (Å²) in [4.78, 5) is 35.5. The molecule has 6 rings (SSSR count). The van der Waals surface area contributed by atoms with Crippen molar-refractivity contribution in [1.29, 1.82) is 0 Å². The summed E-state index contributed by atoms with van der Waals surface area (Å²) in [6.07, 6.45) is 6.71. The summed E-state index contributed by atoms with van der Waals surface area (Å²) in [5.41, 5.74) is 0.137. The van der Waals surface area contributed by atoms with Gasteiger partial charge in [-0.1, -0.05) is 0 Å². The Morgan fingerprint density at radius 3 is 2.81 bits per heavy atom. The molecule has 2 aliphatic carbocycles. The van der Waals surface area contributed by atoms with Crippen LogP contribution in [0.3, 0.4) is 0 Å². The lowest BCUT2D eigenvalue weighted by atomic mass is 9.84. The molecule has 0 radical (unpaired) electrons. The zero-order chi connectivity index (χ0) is 25.9. The number of nitrogens with zero attached hydrogens (tertiary/aromatic N) is 4. The Morgan fingerprint density at radius 1 is 1.32 bits per heavy atom. The van der Waals surface area contributed by atoms with E-state index in [2.05, 4.69) is 10.3 Å². The lowest BCUT2D eigenvalue weighted by Crippen LogP contribution is -2.32. The average Bonchev–Trinajstić information content (AvgIpc) is 3.20. The zero-order valence-corrected chi connectivity index (χ0v) is 21.1. The number of aromatic nitrogens is 4. The third kappa shape index (κ3) is 4.10. The molecule has 3 aromatic rings. The highest BCUT2D eigenvalue weighted by Gasteiger charge is 2.57. The van der Waals surface area contributed by atoms with Gasteiger partial charge in [-0.05, 0) is 45.2 Å². The Morgan fingerprint density at radius 2 is 2.14 bits per heavy atom. The van der Waals surface area contributed by atoms with Gasteiger partial charge >= 0.3 is 0 Å². The van der Waals surface area contributed by atoms with Gasteiger partial charge in [0.2, 0.25) is 11.7 Å². The molecule has 0 spiro atoms. The van der Waals surface area contributed by atoms with Crippen LogP contribution in [-0.2, 0) is 14.9 Å². The second-order valence-electron chi connectivity index (χ2n) is 10.7. The molecule has 4 atom stereocenters. The fourth-order valence-corrected chi connectivity index (χ4v) is 5.65. The molecule has 1 saturated heterocycles. The fraction of sp³-hybridized carbons (Fsp3) is 0.538. The number of pyridine rings is 1. The number of anilines is 1. The number of rotatable bonds is 8. The van der Waals surface area contributed by atoms with Gasteiger partial charge in [-0.2, -0.15) is 4.98 Å². The van der Waals surface area contributed by atoms with Gasteiger partial charge in [-0.25, -0.2) is 9.37 Å². The van der Waals surface area contributed by atoms with Crippen LogP contribution in [-0.4, -0.2) is 63.0 Å². The Hall–Kier alpha value is -3.31. The first-order valence-corrected chi connectivity index (χ1v) is 12.6. The maximum absolute atomic E-state index is 13.6. The number of nitrogens with one attached hydrogen (secondary N) is 1. The van der Waals surface area contributed by atoms with E-state index >= 15 is 0 Å². The Labute approximate surface area is 212 Å². The summed E-state index contributed by atoms with van der Waals surface area (Å²) < 4.78 is 34.0. The van der Waals surface area contributed by atoms with Crippen LogP contribution < -0.4 is 15.6 Å². The lowest BCUT2D eigenvalue weighted by Gasteiger charge is -2.27. The van der Waals surface area contributed by atoms with E-state index in [1.165, 1.54) is 16.8 Å². The van der Waals surface area contributed by atoms with E-state index in [1.54, 1.807) is 23.8 Å². The molecule has 4 heterocycles. The van der Waals surface area contributed by atoms with Gasteiger partial charge < -0.3 is 24.1 Å². The molecule has 11 heteroatoms. The van der Waals surface area contributed by atoms with Crippen LogP contribution in [0.15, 0.2) is 35.5 Å². The quantitative estimate of drug-likeness (QED) is 0.495. The van der Waals surface area contributed by atoms with Crippen molar-refractivity contribution in [3.05, 3.63) is 52.3 Å². The minimum Gasteiger partial charge on any atom is -0.474 e. The first-order chi connectivity index (χ1) is 17.7. The Kier molecular flexibility index (Phi) is 5.61. The molecular formula is C26H30FN5O5. The standard InChI is InChI=1S/C26H30FN5O5/c1-15(2)37-22-16(21(33)28-18-5-4-8-32(23(18)34)19-9-17(19)27)10-31-11-20(29-24(31)30-22)25-6-7-26(12-25,14-35-3)36-13-25/h4-5,8,10-11,15,17,19H,6-7,9,12-14H2,1-3H3,(H,28,33)/t17-,19+,25+,26+/m0/s1. The van der Waals surface area contributed by atoms with Crippen LogP contribution in [0, 0.1) is 0 Å². The maximum Gasteiger partial charge on any atom is 0.274 e. The normalized spacial score (nSPS) is 28.2. The number of hydrogen-bond acceptors (Lipinski definition) is 7. The van der Waals surface area contributed by atoms with Gasteiger partial charge in [0.25, 0.3) is 11.5 Å². The van der Waals surface area contributed by atoms with Crippen molar-refractivity contribution in [3.8, 4) is 5.88 Å². The maximum atomic E-state index is 13.6. The molecule has 2 saturated carbocycles. The van der Waals surface area contributed by atoms with Gasteiger partial charge in [0, 0.05) is 37.5 Å². The molecule has 1 aliphatic heterocycles. The number of carbonyl (C=O) groups excluding carboxylic acids is 1. The van der Waals surface area contributed by atoms with Gasteiger partial charge in [-0.3, -0.25) is 14.0 Å². The Balaban J connectivity index is 1.33. The van der Waals surface area contributed by atoms with E-state index in [-0.39, 0.29) is 34.3 Å². The van der Waals surface area contributed by atoms with Crippen LogP contribution >= 0.6 is 0 Å². The van der Waals surface area contributed by atoms with E-state index in [1.807, 2.05) is 20.0 Å². The SMILES string of the molecule is COC[C@]12CC[C@](c3cn4cc(C(=O)Nc5cccn([C@@H]6C[C@@H]6F)c5=O)c(OC(C)C)nc4n3)(CO1)C2. The summed E-state index contributed by atoms with van der Waals surface area (Å²) in [7, 11) is 1.68. The number of halogens is 1. The van der Waals surface area contributed by atoms with Crippen LogP contribution in [0.2, 0.25) is 0 Å². The summed E-state index contributed by atoms with van der Waals surface area (Å²) in [6.45, 7) is 4.79. The molecule has 0 aromatic carbocycles. The number of ether oxygens (including phenoxy) is 3. The second-order valence-corrected chi connectivity index (χ2v) is 10.7. The molecule has 3 fully saturated rings. The van der Waals surface area contributed by atoms with Crippen LogP contribution in [0.5, 0.6) is 5.88 Å². The van der Waals surface area contributed by atoms with E-state index in [9.17, 15) is 14.0 Å². The predicted molar refractivity (Wildman–Crippen MR) is 132 cm³/mol. The van der Waals surface area contributed by atoms with Crippen LogP contribution in [0.4, 0.5) is 10.1 Å². The van der Waals surface area contributed by atoms with E-state index < -0.39 is 23.7 Å². The molecule has 37 heavy (non-hydrogen) atoms. The highest BCUT2D eigenvalue weighted by atomic mass is 19.1. The van der Waals surface area contributed by atoms with Crippen molar-refractivity contribution in [2.75, 3.05) is 25.6 Å². The minimum atomic E-state index is -1.04. The number of fused-ring (bicyclic) bond motifs is 3. The van der Waals surface area contributed by atoms with Crippen molar-refractivity contribution in [1.82, 2.24) is 18.9 Å². The van der Waals surface area contributed by atoms with E-state index in [0.717, 1.165) is 25.0 Å².